The number of hydrogen-bond donors (Lipinski definition) is 1. The first-order valence-electron chi connectivity index (χ1n) is 10.3. The number of benzene rings is 3. The van der Waals surface area contributed by atoms with E-state index in [9.17, 15) is 17.6 Å². The lowest BCUT2D eigenvalue weighted by atomic mass is 10.2. The van der Waals surface area contributed by atoms with Crippen LogP contribution in [0.1, 0.15) is 12.0 Å². The largest absolute Gasteiger partial charge is 0.354 e. The van der Waals surface area contributed by atoms with Gasteiger partial charge in [-0.1, -0.05) is 48.0 Å². The summed E-state index contributed by atoms with van der Waals surface area (Å²) >= 11 is 7.52. The van der Waals surface area contributed by atoms with Crippen molar-refractivity contribution in [2.75, 3.05) is 23.1 Å². The van der Waals surface area contributed by atoms with Crippen molar-refractivity contribution in [1.82, 2.24) is 5.32 Å². The lowest BCUT2D eigenvalue weighted by Gasteiger charge is -2.24. The van der Waals surface area contributed by atoms with E-state index in [1.165, 1.54) is 18.2 Å². The number of thioether (sulfide) groups is 1. The third-order valence-electron chi connectivity index (χ3n) is 4.74. The Hall–Kier alpha value is -2.55. The average molecular weight is 507 g/mol. The predicted octanol–water partition coefficient (Wildman–Crippen LogP) is 5.11. The number of rotatable bonds is 11. The minimum absolute atomic E-state index is 0.0947. The first-order chi connectivity index (χ1) is 15.9. The van der Waals surface area contributed by atoms with Gasteiger partial charge in [-0.25, -0.2) is 12.8 Å². The van der Waals surface area contributed by atoms with Crippen LogP contribution in [0.2, 0.25) is 5.02 Å². The number of carbonyl (C=O) groups excluding carboxylic acids is 1. The summed E-state index contributed by atoms with van der Waals surface area (Å²) in [6.45, 7) is 0.0319. The van der Waals surface area contributed by atoms with Crippen LogP contribution in [0.5, 0.6) is 0 Å². The van der Waals surface area contributed by atoms with Gasteiger partial charge in [0.15, 0.2) is 0 Å². The highest BCUT2D eigenvalue weighted by atomic mass is 35.5. The molecule has 0 aliphatic heterocycles. The molecular weight excluding hydrogens is 483 g/mol. The quantitative estimate of drug-likeness (QED) is 0.367. The molecule has 0 spiro atoms. The van der Waals surface area contributed by atoms with E-state index >= 15 is 0 Å². The minimum atomic E-state index is -3.95. The lowest BCUT2D eigenvalue weighted by Crippen LogP contribution is -2.41. The SMILES string of the molecule is O=C(CN(c1ccc(Cl)cc1)S(=O)(=O)c1ccccc1)NCCCSCc1ccccc1F. The Morgan fingerprint density at radius 2 is 1.64 bits per heavy atom. The molecule has 0 bridgehead atoms. The highest BCUT2D eigenvalue weighted by Gasteiger charge is 2.26. The molecule has 0 fully saturated rings. The molecule has 0 aliphatic rings. The number of sulfonamides is 1. The fourth-order valence-corrected chi connectivity index (χ4v) is 5.54. The number of halogens is 2. The van der Waals surface area contributed by atoms with Crippen molar-refractivity contribution in [3.05, 3.63) is 95.3 Å². The van der Waals surface area contributed by atoms with E-state index < -0.39 is 15.9 Å². The molecule has 1 N–H and O–H groups in total. The summed E-state index contributed by atoms with van der Waals surface area (Å²) in [6.07, 6.45) is 0.678. The molecule has 3 aromatic rings. The molecule has 0 atom stereocenters. The van der Waals surface area contributed by atoms with Crippen molar-refractivity contribution < 1.29 is 17.6 Å². The molecule has 0 aliphatic carbocycles. The van der Waals surface area contributed by atoms with Crippen molar-refractivity contribution in [2.45, 2.75) is 17.1 Å². The standard InChI is InChI=1S/C24H24ClFN2O3S2/c25-20-11-13-21(14-12-20)28(33(30,31)22-8-2-1-3-9-22)17-24(29)27-15-6-16-32-18-19-7-4-5-10-23(19)26/h1-5,7-14H,6,15-18H2,(H,27,29). The van der Waals surface area contributed by atoms with Crippen molar-refractivity contribution in [2.24, 2.45) is 0 Å². The average Bonchev–Trinajstić information content (AvgIpc) is 2.82. The molecule has 0 saturated carbocycles. The van der Waals surface area contributed by atoms with E-state index in [0.717, 1.165) is 10.1 Å². The third-order valence-corrected chi connectivity index (χ3v) is 7.87. The van der Waals surface area contributed by atoms with Crippen LogP contribution in [0.4, 0.5) is 10.1 Å². The van der Waals surface area contributed by atoms with Crippen LogP contribution in [-0.4, -0.2) is 33.2 Å². The Balaban J connectivity index is 1.56. The van der Waals surface area contributed by atoms with Gasteiger partial charge < -0.3 is 5.32 Å². The fourth-order valence-electron chi connectivity index (χ4n) is 3.03. The minimum Gasteiger partial charge on any atom is -0.354 e. The van der Waals surface area contributed by atoms with Crippen molar-refractivity contribution in [3.8, 4) is 0 Å². The number of nitrogens with zero attached hydrogens (tertiary/aromatic N) is 1. The van der Waals surface area contributed by atoms with Crippen molar-refractivity contribution >= 4 is 45.0 Å². The topological polar surface area (TPSA) is 66.5 Å². The number of anilines is 1. The Bertz CT molecular complexity index is 1160. The molecule has 0 heterocycles. The summed E-state index contributed by atoms with van der Waals surface area (Å²) in [6, 6.07) is 20.9. The van der Waals surface area contributed by atoms with Crippen LogP contribution in [-0.2, 0) is 20.6 Å². The summed E-state index contributed by atoms with van der Waals surface area (Å²) in [7, 11) is -3.95. The zero-order valence-electron chi connectivity index (χ0n) is 17.8. The Morgan fingerprint density at radius 3 is 2.33 bits per heavy atom. The monoisotopic (exact) mass is 506 g/mol. The molecular formula is C24H24ClFN2O3S2. The van der Waals surface area contributed by atoms with Gasteiger partial charge in [0.1, 0.15) is 12.4 Å². The number of amides is 1. The van der Waals surface area contributed by atoms with Crippen molar-refractivity contribution in [3.63, 3.8) is 0 Å². The molecule has 3 aromatic carbocycles. The van der Waals surface area contributed by atoms with Crippen LogP contribution in [0.15, 0.2) is 83.8 Å². The maximum absolute atomic E-state index is 13.6. The Morgan fingerprint density at radius 1 is 0.970 bits per heavy atom. The molecule has 0 radical (unpaired) electrons. The Labute approximate surface area is 203 Å². The zero-order valence-corrected chi connectivity index (χ0v) is 20.2. The summed E-state index contributed by atoms with van der Waals surface area (Å²) in [5, 5.41) is 3.24. The molecule has 174 valence electrons. The van der Waals surface area contributed by atoms with Gasteiger partial charge in [0.2, 0.25) is 5.91 Å². The molecule has 0 aromatic heterocycles. The molecule has 9 heteroatoms. The second-order valence-corrected chi connectivity index (χ2v) is 10.6. The first kappa shape index (κ1) is 25.1. The lowest BCUT2D eigenvalue weighted by molar-refractivity contribution is -0.119. The van der Waals surface area contributed by atoms with Gasteiger partial charge >= 0.3 is 0 Å². The summed E-state index contributed by atoms with van der Waals surface area (Å²) < 4.78 is 41.1. The van der Waals surface area contributed by atoms with Crippen LogP contribution >= 0.6 is 23.4 Å². The summed E-state index contributed by atoms with van der Waals surface area (Å²) in [5.41, 5.74) is 0.995. The van der Waals surface area contributed by atoms with Crippen LogP contribution in [0, 0.1) is 5.82 Å². The van der Waals surface area contributed by atoms with E-state index in [4.69, 9.17) is 11.6 Å². The van der Waals surface area contributed by atoms with Gasteiger partial charge in [0.05, 0.1) is 10.6 Å². The van der Waals surface area contributed by atoms with Gasteiger partial charge in [0.25, 0.3) is 10.0 Å². The van der Waals surface area contributed by atoms with Gasteiger partial charge in [-0.05, 0) is 60.2 Å². The molecule has 0 unspecified atom stereocenters. The van der Waals surface area contributed by atoms with E-state index in [1.54, 1.807) is 72.4 Å². The second-order valence-electron chi connectivity index (χ2n) is 7.15. The van der Waals surface area contributed by atoms with E-state index in [1.807, 2.05) is 0 Å². The van der Waals surface area contributed by atoms with E-state index in [0.29, 0.717) is 35.0 Å². The predicted molar refractivity (Wildman–Crippen MR) is 133 cm³/mol. The maximum atomic E-state index is 13.6. The van der Waals surface area contributed by atoms with Gasteiger partial charge in [0, 0.05) is 17.3 Å². The molecule has 0 saturated heterocycles. The number of nitrogens with one attached hydrogen (secondary N) is 1. The summed E-state index contributed by atoms with van der Waals surface area (Å²) in [5.74, 6) is 0.654. The van der Waals surface area contributed by atoms with Crippen molar-refractivity contribution in [1.29, 1.82) is 0 Å². The zero-order chi connectivity index (χ0) is 23.7. The maximum Gasteiger partial charge on any atom is 0.264 e. The molecule has 33 heavy (non-hydrogen) atoms. The number of hydrogen-bond acceptors (Lipinski definition) is 4. The smallest absolute Gasteiger partial charge is 0.264 e. The van der Waals surface area contributed by atoms with E-state index in [-0.39, 0.29) is 17.3 Å². The third kappa shape index (κ3) is 7.22. The van der Waals surface area contributed by atoms with Crippen LogP contribution in [0.25, 0.3) is 0 Å². The Kier molecular flexibility index (Phi) is 9.17. The van der Waals surface area contributed by atoms with Gasteiger partial charge in [-0.3, -0.25) is 9.10 Å². The molecule has 5 nitrogen and oxygen atoms in total. The first-order valence-corrected chi connectivity index (χ1v) is 13.3. The number of carbonyl (C=O) groups is 1. The molecule has 1 amide bonds. The van der Waals surface area contributed by atoms with Crippen LogP contribution < -0.4 is 9.62 Å². The van der Waals surface area contributed by atoms with E-state index in [2.05, 4.69) is 5.32 Å². The normalized spacial score (nSPS) is 11.2. The fraction of sp³-hybridized carbons (Fsp3) is 0.208. The highest BCUT2D eigenvalue weighted by molar-refractivity contribution is 7.98. The van der Waals surface area contributed by atoms with Gasteiger partial charge in [-0.2, -0.15) is 11.8 Å². The molecule has 3 rings (SSSR count). The van der Waals surface area contributed by atoms with Crippen LogP contribution in [0.3, 0.4) is 0 Å². The second kappa shape index (κ2) is 12.1. The summed E-state index contributed by atoms with van der Waals surface area (Å²) in [4.78, 5) is 12.7. The van der Waals surface area contributed by atoms with Gasteiger partial charge in [-0.15, -0.1) is 0 Å². The highest BCUT2D eigenvalue weighted by Crippen LogP contribution is 2.25.